The summed E-state index contributed by atoms with van der Waals surface area (Å²) in [6, 6.07) is 85.4. The Morgan fingerprint density at radius 2 is 0.560 bits per heavy atom. The zero-order valence-electron chi connectivity index (χ0n) is 67.4. The summed E-state index contributed by atoms with van der Waals surface area (Å²) < 4.78 is 16.6. The van der Waals surface area contributed by atoms with Gasteiger partial charge in [0.25, 0.3) is 0 Å². The summed E-state index contributed by atoms with van der Waals surface area (Å²) in [5, 5.41) is 14.8. The molecule has 0 atom stereocenters. The van der Waals surface area contributed by atoms with Crippen LogP contribution in [0.5, 0.6) is 0 Å². The summed E-state index contributed by atoms with van der Waals surface area (Å²) >= 11 is 6.83. The fourth-order valence-corrected chi connectivity index (χ4v) is 13.2. The minimum Gasteiger partial charge on any atom is -0.465 e. The molecule has 11 heteroatoms. The molecule has 0 spiro atoms. The molecule has 13 aromatic rings. The first-order valence-corrected chi connectivity index (χ1v) is 38.6. The lowest BCUT2D eigenvalue weighted by Crippen LogP contribution is -2.19. The van der Waals surface area contributed by atoms with Gasteiger partial charge in [-0.25, -0.2) is 14.4 Å². The van der Waals surface area contributed by atoms with Crippen molar-refractivity contribution >= 4 is 138 Å². The van der Waals surface area contributed by atoms with Crippen molar-refractivity contribution in [2.45, 2.75) is 157 Å². The number of halogens is 2. The highest BCUT2D eigenvalue weighted by Gasteiger charge is 2.26. The van der Waals surface area contributed by atoms with Crippen LogP contribution < -0.4 is 16.0 Å². The Bertz CT molecular complexity index is 5350. The van der Waals surface area contributed by atoms with E-state index in [0.29, 0.717) is 16.7 Å². The number of esters is 3. The molecule has 0 fully saturated rings. The van der Waals surface area contributed by atoms with Crippen LogP contribution >= 0.6 is 31.9 Å². The lowest BCUT2D eigenvalue weighted by Gasteiger charge is -2.31. The predicted molar refractivity (Wildman–Crippen MR) is 470 cm³/mol. The normalized spacial score (nSPS) is 11.8. The molecule has 0 saturated carbocycles. The molecule has 0 amide bonds. The van der Waals surface area contributed by atoms with E-state index in [9.17, 15) is 14.4 Å². The summed E-state index contributed by atoms with van der Waals surface area (Å²) in [5.41, 5.74) is 22.3. The Balaban J connectivity index is 0.000000170. The molecule has 9 nitrogen and oxygen atoms in total. The molecular weight excluding hydrogens is 1470 g/mol. The Kier molecular flexibility index (Phi) is 26.1. The maximum Gasteiger partial charge on any atom is 0.337 e. The zero-order chi connectivity index (χ0) is 79.7. The largest absolute Gasteiger partial charge is 0.465 e. The molecule has 3 N–H and O–H groups in total. The van der Waals surface area contributed by atoms with Crippen molar-refractivity contribution in [2.75, 3.05) is 37.3 Å². The second-order valence-corrected chi connectivity index (χ2v) is 35.9. The van der Waals surface area contributed by atoms with Gasteiger partial charge in [-0.05, 0) is 253 Å². The van der Waals surface area contributed by atoms with Crippen LogP contribution in [-0.4, -0.2) is 39.2 Å². The number of methoxy groups -OCH3 is 3. The molecule has 13 rings (SSSR count). The third-order valence-corrected chi connectivity index (χ3v) is 20.2. The van der Waals surface area contributed by atoms with E-state index in [1.165, 1.54) is 76.3 Å². The second-order valence-electron chi connectivity index (χ2n) is 34.1. The van der Waals surface area contributed by atoms with Gasteiger partial charge in [-0.15, -0.1) is 0 Å². The van der Waals surface area contributed by atoms with Gasteiger partial charge < -0.3 is 30.2 Å². The number of rotatable bonds is 8. The Hall–Kier alpha value is -10.1. The Labute approximate surface area is 663 Å². The lowest BCUT2D eigenvalue weighted by atomic mass is 9.80. The first-order chi connectivity index (χ1) is 51.1. The molecule has 0 aliphatic rings. The summed E-state index contributed by atoms with van der Waals surface area (Å²) in [7, 11) is 4.19. The summed E-state index contributed by atoms with van der Waals surface area (Å²) in [6.07, 6.45) is 0. The molecule has 0 saturated heterocycles. The summed E-state index contributed by atoms with van der Waals surface area (Å²) in [5.74, 6) is -0.949. The molecule has 0 heterocycles. The van der Waals surface area contributed by atoms with Gasteiger partial charge in [0.2, 0.25) is 0 Å². The molecular formula is C98H107Br2N3O6. The highest BCUT2D eigenvalue weighted by atomic mass is 79.9. The third kappa shape index (κ3) is 22.1. The van der Waals surface area contributed by atoms with Gasteiger partial charge in [0, 0.05) is 43.1 Å². The van der Waals surface area contributed by atoms with E-state index < -0.39 is 0 Å². The van der Waals surface area contributed by atoms with Crippen LogP contribution in [0.2, 0.25) is 0 Å². The van der Waals surface area contributed by atoms with Crippen LogP contribution in [0.25, 0.3) is 53.9 Å². The number of hydrogen-bond donors (Lipinski definition) is 2. The van der Waals surface area contributed by atoms with E-state index in [-0.39, 0.29) is 50.4 Å². The van der Waals surface area contributed by atoms with Crippen molar-refractivity contribution in [3.63, 3.8) is 0 Å². The smallest absolute Gasteiger partial charge is 0.337 e. The van der Waals surface area contributed by atoms with Gasteiger partial charge in [-0.3, -0.25) is 0 Å². The van der Waals surface area contributed by atoms with Crippen LogP contribution in [0, 0.1) is 0 Å². The molecule has 109 heavy (non-hydrogen) atoms. The van der Waals surface area contributed by atoms with E-state index in [2.05, 4.69) is 335 Å². The van der Waals surface area contributed by atoms with Gasteiger partial charge in [0.05, 0.1) is 38.0 Å². The summed E-state index contributed by atoms with van der Waals surface area (Å²) in [4.78, 5) is 37.5. The number of hydrogen-bond acceptors (Lipinski definition) is 9. The standard InChI is InChI=1S/C36H37NO2.C26H31NO2.C14H23N.C12H9BrO2.C10H7Br/c1-35(2,3)29-21-30(36(4,5)6)23-33(22-29)37(31-16-14-24-10-8-9-11-25(24)19-31)32-17-15-26-18-28(34(38)39-7)13-12-27(26)20-32;1-25(2,3)20-14-21(26(4,5)6)16-23(15-20)27-22-11-10-17-12-19(24(28)29-7)9-8-18(17)13-22;1-13(2,3)10-7-11(14(4,5)6)9-12(15)8-10;1-15-12(14)10-3-2-9-7-11(13)5-4-8(9)6-10;11-10-6-5-8-3-1-2-4-9(8)7-10/h8-23H,1-7H3;8-16,27H,1-7H3;7-9H,15H2,1-6H3;2-7H,1H3;1-7H. The first-order valence-electron chi connectivity index (χ1n) is 37.0. The molecule has 0 aromatic heterocycles. The number of carbonyl (C=O) groups excluding carboxylic acids is 3. The molecule has 0 radical (unpaired) electrons. The predicted octanol–water partition coefficient (Wildman–Crippen LogP) is 27.7. The average molecular weight is 1580 g/mol. The second kappa shape index (κ2) is 34.2. The molecule has 0 aliphatic carbocycles. The molecule has 564 valence electrons. The topological polar surface area (TPSA) is 120 Å². The SMILES string of the molecule is Brc1ccc2ccccc2c1.CC(C)(C)c1cc(N)cc(C(C)(C)C)c1.COC(=O)c1ccc2cc(Br)ccc2c1.COC(=O)c1ccc2cc(N(c3cc(C(C)(C)C)cc(C(C)(C)C)c3)c3ccc4ccccc4c3)ccc2c1.COC(=O)c1ccc2cc(Nc3cc(C(C)(C)C)cc(C(C)(C)C)c3)ccc2c1. The van der Waals surface area contributed by atoms with Crippen LogP contribution in [0.4, 0.5) is 34.1 Å². The fourth-order valence-electron chi connectivity index (χ4n) is 12.4. The van der Waals surface area contributed by atoms with E-state index in [0.717, 1.165) is 75.4 Å². The number of benzene rings is 13. The van der Waals surface area contributed by atoms with Crippen molar-refractivity contribution in [2.24, 2.45) is 0 Å². The number of ether oxygens (including phenoxy) is 3. The quantitative estimate of drug-likeness (QED) is 0.0870. The van der Waals surface area contributed by atoms with Crippen molar-refractivity contribution in [1.29, 1.82) is 0 Å². The monoisotopic (exact) mass is 1580 g/mol. The van der Waals surface area contributed by atoms with E-state index >= 15 is 0 Å². The molecule has 13 aromatic carbocycles. The first kappa shape index (κ1) is 83.0. The lowest BCUT2D eigenvalue weighted by molar-refractivity contribution is 0.0592. The third-order valence-electron chi connectivity index (χ3n) is 19.2. The van der Waals surface area contributed by atoms with Crippen molar-refractivity contribution in [3.8, 4) is 0 Å². The van der Waals surface area contributed by atoms with Crippen LogP contribution in [-0.2, 0) is 46.7 Å². The average Bonchev–Trinajstić information content (AvgIpc) is 0.763. The minimum absolute atomic E-state index is 0.00125. The van der Waals surface area contributed by atoms with Gasteiger partial charge in [0.1, 0.15) is 0 Å². The number of anilines is 6. The van der Waals surface area contributed by atoms with E-state index in [4.69, 9.17) is 15.2 Å². The van der Waals surface area contributed by atoms with Crippen molar-refractivity contribution in [1.82, 2.24) is 0 Å². The van der Waals surface area contributed by atoms with Crippen LogP contribution in [0.1, 0.15) is 189 Å². The van der Waals surface area contributed by atoms with Crippen LogP contribution in [0.15, 0.2) is 258 Å². The number of fused-ring (bicyclic) bond motifs is 5. The van der Waals surface area contributed by atoms with E-state index in [1.807, 2.05) is 72.8 Å². The number of nitrogens with one attached hydrogen (secondary N) is 1. The number of nitrogens with two attached hydrogens (primary N) is 1. The maximum absolute atomic E-state index is 12.1. The molecule has 0 bridgehead atoms. The molecule has 0 aliphatic heterocycles. The highest BCUT2D eigenvalue weighted by molar-refractivity contribution is 9.10. The Morgan fingerprint density at radius 3 is 0.936 bits per heavy atom. The fraction of sp³-hybridized carbons (Fsp3) is 0.276. The number of nitrogen functional groups attached to an aromatic ring is 1. The van der Waals surface area contributed by atoms with Crippen LogP contribution in [0.3, 0.4) is 0 Å². The van der Waals surface area contributed by atoms with Gasteiger partial charge in [0.15, 0.2) is 0 Å². The molecule has 0 unspecified atom stereocenters. The zero-order valence-corrected chi connectivity index (χ0v) is 70.6. The van der Waals surface area contributed by atoms with Crippen molar-refractivity contribution < 1.29 is 28.6 Å². The maximum atomic E-state index is 12.1. The number of nitrogens with zero attached hydrogens (tertiary/aromatic N) is 1. The summed E-state index contributed by atoms with van der Waals surface area (Å²) in [6.45, 7) is 40.4. The van der Waals surface area contributed by atoms with Crippen molar-refractivity contribution in [3.05, 3.63) is 308 Å². The minimum atomic E-state index is -0.326. The van der Waals surface area contributed by atoms with E-state index in [1.54, 1.807) is 12.1 Å². The van der Waals surface area contributed by atoms with Gasteiger partial charge >= 0.3 is 17.9 Å². The van der Waals surface area contributed by atoms with Gasteiger partial charge in [-0.2, -0.15) is 0 Å². The Morgan fingerprint density at radius 1 is 0.284 bits per heavy atom. The highest BCUT2D eigenvalue weighted by Crippen LogP contribution is 2.43. The van der Waals surface area contributed by atoms with Gasteiger partial charge in [-0.1, -0.05) is 272 Å². The number of carbonyl (C=O) groups is 3.